The zero-order chi connectivity index (χ0) is 10.3. The molecular formula is C9H7N5S. The van der Waals surface area contributed by atoms with Gasteiger partial charge < -0.3 is 4.98 Å². The predicted molar refractivity (Wildman–Crippen MR) is 57.5 cm³/mol. The lowest BCUT2D eigenvalue weighted by molar-refractivity contribution is 1.20. The van der Waals surface area contributed by atoms with Gasteiger partial charge in [-0.05, 0) is 6.92 Å². The van der Waals surface area contributed by atoms with Crippen molar-refractivity contribution >= 4 is 22.5 Å². The minimum Gasteiger partial charge on any atom is -0.335 e. The summed E-state index contributed by atoms with van der Waals surface area (Å²) in [4.78, 5) is 20.8. The van der Waals surface area contributed by atoms with E-state index in [1.807, 2.05) is 12.4 Å². The first-order valence-corrected chi connectivity index (χ1v) is 5.29. The molecule has 3 heterocycles. The van der Waals surface area contributed by atoms with E-state index in [0.717, 1.165) is 21.9 Å². The summed E-state index contributed by atoms with van der Waals surface area (Å²) in [5.41, 5.74) is 4.32. The predicted octanol–water partition coefficient (Wildman–Crippen LogP) is 1.78. The Labute approximate surface area is 89.3 Å². The highest BCUT2D eigenvalue weighted by Gasteiger charge is 2.10. The highest BCUT2D eigenvalue weighted by Crippen LogP contribution is 2.25. The van der Waals surface area contributed by atoms with E-state index >= 15 is 0 Å². The maximum atomic E-state index is 4.38. The van der Waals surface area contributed by atoms with Gasteiger partial charge in [-0.2, -0.15) is 0 Å². The molecule has 15 heavy (non-hydrogen) atoms. The second kappa shape index (κ2) is 3.09. The van der Waals surface area contributed by atoms with Gasteiger partial charge in [0.25, 0.3) is 0 Å². The van der Waals surface area contributed by atoms with E-state index in [-0.39, 0.29) is 0 Å². The molecule has 0 aromatic carbocycles. The van der Waals surface area contributed by atoms with Gasteiger partial charge in [-0.3, -0.25) is 0 Å². The van der Waals surface area contributed by atoms with Crippen LogP contribution in [0.2, 0.25) is 0 Å². The first-order valence-electron chi connectivity index (χ1n) is 4.41. The van der Waals surface area contributed by atoms with Gasteiger partial charge in [-0.25, -0.2) is 19.9 Å². The number of H-pyrrole nitrogens is 1. The van der Waals surface area contributed by atoms with Crippen molar-refractivity contribution in [1.82, 2.24) is 24.9 Å². The SMILES string of the molecule is Cc1ncsc1-c1nc2ncncc2[nH]1. The Morgan fingerprint density at radius 2 is 2.27 bits per heavy atom. The van der Waals surface area contributed by atoms with Crippen LogP contribution in [0.4, 0.5) is 0 Å². The number of fused-ring (bicyclic) bond motifs is 1. The zero-order valence-corrected chi connectivity index (χ0v) is 8.75. The second-order valence-electron chi connectivity index (χ2n) is 3.11. The standard InChI is InChI=1S/C9H7N5S/c1-5-7(15-4-12-5)9-13-6-2-10-3-11-8(6)14-9/h2-4H,1H3,(H,10,11,13,14). The third kappa shape index (κ3) is 1.30. The number of imidazole rings is 1. The summed E-state index contributed by atoms with van der Waals surface area (Å²) in [6.45, 7) is 1.96. The molecule has 5 nitrogen and oxygen atoms in total. The van der Waals surface area contributed by atoms with Gasteiger partial charge in [0.15, 0.2) is 11.5 Å². The molecule has 0 aliphatic rings. The van der Waals surface area contributed by atoms with Crippen LogP contribution < -0.4 is 0 Å². The fourth-order valence-electron chi connectivity index (χ4n) is 1.40. The van der Waals surface area contributed by atoms with Crippen LogP contribution in [-0.2, 0) is 0 Å². The maximum absolute atomic E-state index is 4.38. The van der Waals surface area contributed by atoms with Crippen LogP contribution in [0, 0.1) is 6.92 Å². The topological polar surface area (TPSA) is 67.3 Å². The number of thiazole rings is 1. The number of rotatable bonds is 1. The molecule has 0 saturated carbocycles. The maximum Gasteiger partial charge on any atom is 0.181 e. The summed E-state index contributed by atoms with van der Waals surface area (Å²) < 4.78 is 0. The average Bonchev–Trinajstić information content (AvgIpc) is 2.82. The molecule has 3 rings (SSSR count). The molecule has 3 aromatic heterocycles. The minimum absolute atomic E-state index is 0.688. The third-order valence-corrected chi connectivity index (χ3v) is 3.06. The average molecular weight is 217 g/mol. The summed E-state index contributed by atoms with van der Waals surface area (Å²) in [6, 6.07) is 0. The third-order valence-electron chi connectivity index (χ3n) is 2.12. The monoisotopic (exact) mass is 217 g/mol. The molecular weight excluding hydrogens is 210 g/mol. The molecule has 3 aromatic rings. The minimum atomic E-state index is 0.688. The van der Waals surface area contributed by atoms with Crippen molar-refractivity contribution in [3.8, 4) is 10.7 Å². The summed E-state index contributed by atoms with van der Waals surface area (Å²) >= 11 is 1.56. The number of hydrogen-bond acceptors (Lipinski definition) is 5. The Hall–Kier alpha value is -1.82. The molecule has 6 heteroatoms. The van der Waals surface area contributed by atoms with Crippen LogP contribution in [-0.4, -0.2) is 24.9 Å². The molecule has 0 atom stereocenters. The lowest BCUT2D eigenvalue weighted by Crippen LogP contribution is -1.79. The Morgan fingerprint density at radius 1 is 1.33 bits per heavy atom. The first kappa shape index (κ1) is 8.49. The van der Waals surface area contributed by atoms with E-state index in [9.17, 15) is 0 Å². The molecule has 0 amide bonds. The van der Waals surface area contributed by atoms with E-state index in [4.69, 9.17) is 0 Å². The molecule has 0 aliphatic carbocycles. The van der Waals surface area contributed by atoms with E-state index < -0.39 is 0 Å². The second-order valence-corrected chi connectivity index (χ2v) is 3.97. The Kier molecular flexibility index (Phi) is 1.75. The molecule has 1 N–H and O–H groups in total. The van der Waals surface area contributed by atoms with Crippen molar-refractivity contribution < 1.29 is 0 Å². The fourth-order valence-corrected chi connectivity index (χ4v) is 2.15. The number of hydrogen-bond donors (Lipinski definition) is 1. The van der Waals surface area contributed by atoms with Crippen LogP contribution in [0.1, 0.15) is 5.69 Å². The van der Waals surface area contributed by atoms with Gasteiger partial charge in [0, 0.05) is 0 Å². The number of aryl methyl sites for hydroxylation is 1. The first-order chi connectivity index (χ1) is 7.34. The Balaban J connectivity index is 2.24. The molecule has 0 aliphatic heterocycles. The van der Waals surface area contributed by atoms with Crippen molar-refractivity contribution in [1.29, 1.82) is 0 Å². The highest BCUT2D eigenvalue weighted by atomic mass is 32.1. The Bertz CT molecular complexity index is 579. The van der Waals surface area contributed by atoms with Gasteiger partial charge in [-0.15, -0.1) is 11.3 Å². The number of nitrogens with zero attached hydrogens (tertiary/aromatic N) is 4. The molecule has 0 fully saturated rings. The van der Waals surface area contributed by atoms with Gasteiger partial charge >= 0.3 is 0 Å². The van der Waals surface area contributed by atoms with E-state index in [1.54, 1.807) is 17.5 Å². The number of aromatic amines is 1. The van der Waals surface area contributed by atoms with Gasteiger partial charge in [-0.1, -0.05) is 0 Å². The van der Waals surface area contributed by atoms with Crippen LogP contribution in [0.25, 0.3) is 21.9 Å². The smallest absolute Gasteiger partial charge is 0.181 e. The van der Waals surface area contributed by atoms with Crippen molar-refractivity contribution in [2.45, 2.75) is 6.92 Å². The Morgan fingerprint density at radius 3 is 3.00 bits per heavy atom. The van der Waals surface area contributed by atoms with Crippen LogP contribution in [0.15, 0.2) is 18.0 Å². The normalized spacial score (nSPS) is 11.0. The lowest BCUT2D eigenvalue weighted by Gasteiger charge is -1.89. The zero-order valence-electron chi connectivity index (χ0n) is 7.93. The van der Waals surface area contributed by atoms with Crippen molar-refractivity contribution in [3.05, 3.63) is 23.7 Å². The van der Waals surface area contributed by atoms with Crippen LogP contribution in [0.3, 0.4) is 0 Å². The molecule has 0 bridgehead atoms. The van der Waals surface area contributed by atoms with E-state index in [0.29, 0.717) is 5.65 Å². The number of aromatic nitrogens is 5. The largest absolute Gasteiger partial charge is 0.335 e. The highest BCUT2D eigenvalue weighted by molar-refractivity contribution is 7.13. The van der Waals surface area contributed by atoms with Crippen molar-refractivity contribution in [2.24, 2.45) is 0 Å². The number of nitrogens with one attached hydrogen (secondary N) is 1. The van der Waals surface area contributed by atoms with Crippen LogP contribution in [0.5, 0.6) is 0 Å². The molecule has 0 unspecified atom stereocenters. The van der Waals surface area contributed by atoms with Crippen molar-refractivity contribution in [2.75, 3.05) is 0 Å². The van der Waals surface area contributed by atoms with Gasteiger partial charge in [0.2, 0.25) is 0 Å². The summed E-state index contributed by atoms with van der Waals surface area (Å²) in [5.74, 6) is 0.811. The molecule has 0 saturated heterocycles. The van der Waals surface area contributed by atoms with Crippen LogP contribution >= 0.6 is 11.3 Å². The molecule has 0 radical (unpaired) electrons. The molecule has 0 spiro atoms. The van der Waals surface area contributed by atoms with Crippen molar-refractivity contribution in [3.63, 3.8) is 0 Å². The lowest BCUT2D eigenvalue weighted by atomic mass is 10.4. The quantitative estimate of drug-likeness (QED) is 0.674. The summed E-state index contributed by atoms with van der Waals surface area (Å²) in [5, 5.41) is 0. The van der Waals surface area contributed by atoms with Gasteiger partial charge in [0.1, 0.15) is 11.8 Å². The van der Waals surface area contributed by atoms with E-state index in [2.05, 4.69) is 24.9 Å². The fraction of sp³-hybridized carbons (Fsp3) is 0.111. The summed E-state index contributed by atoms with van der Waals surface area (Å²) in [6.07, 6.45) is 3.21. The van der Waals surface area contributed by atoms with Gasteiger partial charge in [0.05, 0.1) is 22.3 Å². The molecule has 74 valence electrons. The summed E-state index contributed by atoms with van der Waals surface area (Å²) in [7, 11) is 0. The van der Waals surface area contributed by atoms with E-state index in [1.165, 1.54) is 6.33 Å².